The van der Waals surface area contributed by atoms with Gasteiger partial charge >= 0.3 is 0 Å². The number of hydrogen-bond donors (Lipinski definition) is 1. The van der Waals surface area contributed by atoms with Crippen LogP contribution in [0.15, 0.2) is 53.3 Å². The summed E-state index contributed by atoms with van der Waals surface area (Å²) in [5.74, 6) is -0.152. The van der Waals surface area contributed by atoms with Gasteiger partial charge in [0, 0.05) is 10.7 Å². The quantitative estimate of drug-likeness (QED) is 0.916. The number of nitrogens with one attached hydrogen (secondary N) is 1. The molecule has 1 amide bonds. The predicted octanol–water partition coefficient (Wildman–Crippen LogP) is 3.10. The summed E-state index contributed by atoms with van der Waals surface area (Å²) in [5.41, 5.74) is 1.29. The van der Waals surface area contributed by atoms with Crippen molar-refractivity contribution in [1.82, 2.24) is 4.98 Å². The van der Waals surface area contributed by atoms with Gasteiger partial charge in [0.05, 0.1) is 17.4 Å². The van der Waals surface area contributed by atoms with Crippen molar-refractivity contribution in [3.63, 3.8) is 0 Å². The smallest absolute Gasteiger partial charge is 0.256 e. The molecule has 0 saturated heterocycles. The van der Waals surface area contributed by atoms with Gasteiger partial charge in [-0.1, -0.05) is 12.1 Å². The molecule has 0 spiro atoms. The maximum Gasteiger partial charge on any atom is 0.256 e. The molecule has 1 aromatic carbocycles. The molecule has 0 atom stereocenters. The van der Waals surface area contributed by atoms with Crippen molar-refractivity contribution in [3.05, 3.63) is 58.8 Å². The molecular formula is C12H9BrN2O. The average Bonchev–Trinajstić information content (AvgIpc) is 2.31. The molecule has 2 aromatic rings. The highest BCUT2D eigenvalue weighted by atomic mass is 79.9. The zero-order chi connectivity index (χ0) is 11.4. The average molecular weight is 277 g/mol. The summed E-state index contributed by atoms with van der Waals surface area (Å²) in [6.45, 7) is 0. The number of amides is 1. The zero-order valence-corrected chi connectivity index (χ0v) is 9.94. The minimum absolute atomic E-state index is 0.152. The number of benzene rings is 1. The van der Waals surface area contributed by atoms with Gasteiger partial charge < -0.3 is 5.32 Å². The predicted molar refractivity (Wildman–Crippen MR) is 66.3 cm³/mol. The first kappa shape index (κ1) is 10.8. The molecule has 0 saturated carbocycles. The summed E-state index contributed by atoms with van der Waals surface area (Å²) >= 11 is 3.33. The van der Waals surface area contributed by atoms with Gasteiger partial charge in [-0.15, -0.1) is 0 Å². The molecule has 1 heterocycles. The fraction of sp³-hybridized carbons (Fsp3) is 0. The minimum Gasteiger partial charge on any atom is -0.321 e. The summed E-state index contributed by atoms with van der Waals surface area (Å²) in [7, 11) is 0. The molecule has 0 aliphatic heterocycles. The molecule has 0 aliphatic rings. The molecule has 0 fully saturated rings. The van der Waals surface area contributed by atoms with E-state index in [2.05, 4.69) is 26.2 Å². The lowest BCUT2D eigenvalue weighted by Crippen LogP contribution is -2.12. The van der Waals surface area contributed by atoms with Crippen LogP contribution >= 0.6 is 15.9 Å². The molecule has 0 aliphatic carbocycles. The highest BCUT2D eigenvalue weighted by Crippen LogP contribution is 2.17. The number of hydrogen-bond acceptors (Lipinski definition) is 2. The standard InChI is InChI=1S/C12H9BrN2O/c13-11-6-2-1-5-10(11)12(16)15-9-4-3-7-14-8-9/h1-8H,(H,15,16). The Balaban J connectivity index is 2.19. The lowest BCUT2D eigenvalue weighted by molar-refractivity contribution is 0.102. The van der Waals surface area contributed by atoms with Crippen LogP contribution in [0, 0.1) is 0 Å². The molecule has 4 heteroatoms. The van der Waals surface area contributed by atoms with Gasteiger partial charge in [-0.25, -0.2) is 0 Å². The maximum absolute atomic E-state index is 11.9. The number of halogens is 1. The van der Waals surface area contributed by atoms with Crippen molar-refractivity contribution in [2.45, 2.75) is 0 Å². The van der Waals surface area contributed by atoms with Gasteiger partial charge in [0.25, 0.3) is 5.91 Å². The van der Waals surface area contributed by atoms with E-state index >= 15 is 0 Å². The Morgan fingerprint density at radius 2 is 2.00 bits per heavy atom. The van der Waals surface area contributed by atoms with E-state index in [1.165, 1.54) is 0 Å². The van der Waals surface area contributed by atoms with Crippen LogP contribution in [-0.2, 0) is 0 Å². The Labute approximate surface area is 102 Å². The number of carbonyl (C=O) groups is 1. The maximum atomic E-state index is 11.9. The number of pyridine rings is 1. The van der Waals surface area contributed by atoms with E-state index in [1.54, 1.807) is 30.6 Å². The van der Waals surface area contributed by atoms with Crippen molar-refractivity contribution in [1.29, 1.82) is 0 Å². The molecule has 80 valence electrons. The lowest BCUT2D eigenvalue weighted by Gasteiger charge is -2.05. The van der Waals surface area contributed by atoms with Gasteiger partial charge in [0.1, 0.15) is 0 Å². The summed E-state index contributed by atoms with van der Waals surface area (Å²) in [6, 6.07) is 10.8. The topological polar surface area (TPSA) is 42.0 Å². The normalized spacial score (nSPS) is 9.81. The van der Waals surface area contributed by atoms with Crippen LogP contribution in [0.4, 0.5) is 5.69 Å². The van der Waals surface area contributed by atoms with Gasteiger partial charge in [0.2, 0.25) is 0 Å². The third-order valence-corrected chi connectivity index (χ3v) is 2.73. The van der Waals surface area contributed by atoms with E-state index in [4.69, 9.17) is 0 Å². The summed E-state index contributed by atoms with van der Waals surface area (Å²) in [4.78, 5) is 15.8. The summed E-state index contributed by atoms with van der Waals surface area (Å²) in [5, 5.41) is 2.77. The molecule has 3 nitrogen and oxygen atoms in total. The number of carbonyl (C=O) groups excluding carboxylic acids is 1. The molecule has 0 bridgehead atoms. The largest absolute Gasteiger partial charge is 0.321 e. The van der Waals surface area contributed by atoms with Gasteiger partial charge in [0.15, 0.2) is 0 Å². The van der Waals surface area contributed by atoms with E-state index in [1.807, 2.05) is 18.2 Å². The van der Waals surface area contributed by atoms with E-state index in [0.29, 0.717) is 11.3 Å². The van der Waals surface area contributed by atoms with Crippen LogP contribution in [0.1, 0.15) is 10.4 Å². The Morgan fingerprint density at radius 1 is 1.19 bits per heavy atom. The van der Waals surface area contributed by atoms with Gasteiger partial charge in [-0.2, -0.15) is 0 Å². The van der Waals surface area contributed by atoms with Crippen molar-refractivity contribution < 1.29 is 4.79 Å². The number of aromatic nitrogens is 1. The highest BCUT2D eigenvalue weighted by molar-refractivity contribution is 9.10. The van der Waals surface area contributed by atoms with E-state index < -0.39 is 0 Å². The first-order chi connectivity index (χ1) is 7.77. The third-order valence-electron chi connectivity index (χ3n) is 2.04. The number of nitrogens with zero attached hydrogens (tertiary/aromatic N) is 1. The molecule has 1 aromatic heterocycles. The molecule has 2 rings (SSSR count). The van der Waals surface area contributed by atoms with Crippen LogP contribution in [0.25, 0.3) is 0 Å². The second-order valence-corrected chi connectivity index (χ2v) is 4.03. The SMILES string of the molecule is O=C(Nc1cccnc1)c1ccccc1Br. The lowest BCUT2D eigenvalue weighted by atomic mass is 10.2. The monoisotopic (exact) mass is 276 g/mol. The van der Waals surface area contributed by atoms with E-state index in [0.717, 1.165) is 4.47 Å². The Hall–Kier alpha value is -1.68. The molecular weight excluding hydrogens is 268 g/mol. The van der Waals surface area contributed by atoms with Gasteiger partial charge in [-0.05, 0) is 40.2 Å². The zero-order valence-electron chi connectivity index (χ0n) is 8.35. The van der Waals surface area contributed by atoms with Gasteiger partial charge in [-0.3, -0.25) is 9.78 Å². The van der Waals surface area contributed by atoms with Crippen LogP contribution in [0.5, 0.6) is 0 Å². The van der Waals surface area contributed by atoms with Crippen molar-refractivity contribution >= 4 is 27.5 Å². The van der Waals surface area contributed by atoms with Crippen LogP contribution in [0.2, 0.25) is 0 Å². The van der Waals surface area contributed by atoms with Crippen LogP contribution in [-0.4, -0.2) is 10.9 Å². The number of rotatable bonds is 2. The summed E-state index contributed by atoms with van der Waals surface area (Å²) < 4.78 is 0.774. The number of anilines is 1. The second kappa shape index (κ2) is 4.90. The fourth-order valence-corrected chi connectivity index (χ4v) is 1.75. The second-order valence-electron chi connectivity index (χ2n) is 3.18. The molecule has 1 N–H and O–H groups in total. The highest BCUT2D eigenvalue weighted by Gasteiger charge is 2.08. The fourth-order valence-electron chi connectivity index (χ4n) is 1.28. The third kappa shape index (κ3) is 2.46. The van der Waals surface area contributed by atoms with Crippen molar-refractivity contribution in [3.8, 4) is 0 Å². The Bertz CT molecular complexity index is 499. The van der Waals surface area contributed by atoms with E-state index in [-0.39, 0.29) is 5.91 Å². The van der Waals surface area contributed by atoms with E-state index in [9.17, 15) is 4.79 Å². The Morgan fingerprint density at radius 3 is 2.69 bits per heavy atom. The van der Waals surface area contributed by atoms with Crippen molar-refractivity contribution in [2.75, 3.05) is 5.32 Å². The first-order valence-electron chi connectivity index (χ1n) is 4.73. The summed E-state index contributed by atoms with van der Waals surface area (Å²) in [6.07, 6.45) is 3.27. The molecule has 16 heavy (non-hydrogen) atoms. The van der Waals surface area contributed by atoms with Crippen molar-refractivity contribution in [2.24, 2.45) is 0 Å². The van der Waals surface area contributed by atoms with Crippen LogP contribution < -0.4 is 5.32 Å². The molecule has 0 unspecified atom stereocenters. The Kier molecular flexibility index (Phi) is 3.31. The molecule has 0 radical (unpaired) electrons. The minimum atomic E-state index is -0.152. The first-order valence-corrected chi connectivity index (χ1v) is 5.52. The van der Waals surface area contributed by atoms with Crippen LogP contribution in [0.3, 0.4) is 0 Å².